The first-order chi connectivity index (χ1) is 3.80. The van der Waals surface area contributed by atoms with Gasteiger partial charge in [-0.3, -0.25) is 4.57 Å². The molecule has 0 unspecified atom stereocenters. The van der Waals surface area contributed by atoms with E-state index in [1.165, 1.54) is 12.4 Å². The molecule has 4 heteroatoms. The third-order valence-corrected chi connectivity index (χ3v) is 0.825. The van der Waals surface area contributed by atoms with Gasteiger partial charge >= 0.3 is 43.8 Å². The van der Waals surface area contributed by atoms with Crippen LogP contribution in [0.4, 0.5) is 4.79 Å². The SMILES string of the molecule is O=C(O)n1cccc1.[Ca+2].[H-].[H-]. The van der Waals surface area contributed by atoms with Crippen LogP contribution in [0, 0.1) is 0 Å². The number of nitrogens with zero attached hydrogens (tertiary/aromatic N) is 1. The molecule has 0 bridgehead atoms. The van der Waals surface area contributed by atoms with Crippen molar-refractivity contribution in [2.45, 2.75) is 0 Å². The van der Waals surface area contributed by atoms with Crippen LogP contribution in [0.25, 0.3) is 0 Å². The fourth-order valence-corrected chi connectivity index (χ4v) is 0.462. The normalized spacial score (nSPS) is 8.00. The molecule has 1 aromatic rings. The van der Waals surface area contributed by atoms with E-state index in [9.17, 15) is 4.79 Å². The first-order valence-electron chi connectivity index (χ1n) is 2.17. The summed E-state index contributed by atoms with van der Waals surface area (Å²) in [7, 11) is 0. The average Bonchev–Trinajstić information content (AvgIpc) is 2.12. The van der Waals surface area contributed by atoms with E-state index in [2.05, 4.69) is 0 Å². The zero-order valence-electron chi connectivity index (χ0n) is 6.82. The first kappa shape index (κ1) is 9.01. The molecule has 0 fully saturated rings. The fourth-order valence-electron chi connectivity index (χ4n) is 0.462. The monoisotopic (exact) mass is 153 g/mol. The summed E-state index contributed by atoms with van der Waals surface area (Å²) in [5, 5.41) is 8.24. The molecule has 1 N–H and O–H groups in total. The van der Waals surface area contributed by atoms with Crippen LogP contribution in [0.5, 0.6) is 0 Å². The minimum Gasteiger partial charge on any atom is -1.00 e. The van der Waals surface area contributed by atoms with Crippen molar-refractivity contribution in [1.82, 2.24) is 4.57 Å². The van der Waals surface area contributed by atoms with E-state index < -0.39 is 6.09 Å². The Bertz CT molecular complexity index is 190. The van der Waals surface area contributed by atoms with Crippen LogP contribution in [0.15, 0.2) is 24.5 Å². The fraction of sp³-hybridized carbons (Fsp3) is 0. The van der Waals surface area contributed by atoms with Gasteiger partial charge in [-0.1, -0.05) is 0 Å². The Labute approximate surface area is 85.3 Å². The van der Waals surface area contributed by atoms with E-state index in [1.807, 2.05) is 0 Å². The summed E-state index contributed by atoms with van der Waals surface area (Å²) in [5.41, 5.74) is 0. The van der Waals surface area contributed by atoms with E-state index in [1.54, 1.807) is 12.1 Å². The number of hydrogen-bond acceptors (Lipinski definition) is 1. The molecule has 0 spiro atoms. The summed E-state index contributed by atoms with van der Waals surface area (Å²) in [6.07, 6.45) is 2.00. The van der Waals surface area contributed by atoms with Gasteiger partial charge in [0.1, 0.15) is 0 Å². The Kier molecular flexibility index (Phi) is 3.93. The van der Waals surface area contributed by atoms with Gasteiger partial charge in [0, 0.05) is 12.4 Å². The molecule has 0 amide bonds. The summed E-state index contributed by atoms with van der Waals surface area (Å²) in [5.74, 6) is 0. The molecule has 0 aliphatic heterocycles. The summed E-state index contributed by atoms with van der Waals surface area (Å²) in [4.78, 5) is 10.0. The molecule has 0 atom stereocenters. The Morgan fingerprint density at radius 1 is 1.44 bits per heavy atom. The largest absolute Gasteiger partial charge is 2.00 e. The second kappa shape index (κ2) is 3.93. The minimum atomic E-state index is -0.949. The zero-order chi connectivity index (χ0) is 5.98. The van der Waals surface area contributed by atoms with E-state index in [0.29, 0.717) is 0 Å². The Morgan fingerprint density at radius 3 is 2.11 bits per heavy atom. The van der Waals surface area contributed by atoms with E-state index in [-0.39, 0.29) is 40.6 Å². The summed E-state index contributed by atoms with van der Waals surface area (Å²) in [6, 6.07) is 3.32. The molecule has 0 aliphatic carbocycles. The summed E-state index contributed by atoms with van der Waals surface area (Å²) < 4.78 is 1.08. The Balaban J connectivity index is -0.000000213. The van der Waals surface area contributed by atoms with Crippen LogP contribution in [0.2, 0.25) is 0 Å². The van der Waals surface area contributed by atoms with Crippen molar-refractivity contribution in [3.63, 3.8) is 0 Å². The Hall–Kier alpha value is 0.00974. The molecule has 0 aliphatic rings. The third-order valence-electron chi connectivity index (χ3n) is 0.825. The smallest absolute Gasteiger partial charge is 1.00 e. The van der Waals surface area contributed by atoms with Gasteiger partial charge in [-0.25, -0.2) is 4.79 Å². The summed E-state index contributed by atoms with van der Waals surface area (Å²) in [6.45, 7) is 0. The molecule has 3 nitrogen and oxygen atoms in total. The van der Waals surface area contributed by atoms with Gasteiger partial charge in [-0.05, 0) is 12.1 Å². The second-order valence-corrected chi connectivity index (χ2v) is 1.37. The van der Waals surface area contributed by atoms with Gasteiger partial charge in [0.05, 0.1) is 0 Å². The maximum Gasteiger partial charge on any atom is 2.00 e. The molecule has 0 saturated heterocycles. The van der Waals surface area contributed by atoms with Crippen LogP contribution in [0.3, 0.4) is 0 Å². The van der Waals surface area contributed by atoms with Crippen molar-refractivity contribution in [1.29, 1.82) is 0 Å². The van der Waals surface area contributed by atoms with Crippen LogP contribution in [-0.4, -0.2) is 53.5 Å². The van der Waals surface area contributed by atoms with Crippen LogP contribution < -0.4 is 0 Å². The van der Waals surface area contributed by atoms with Gasteiger partial charge in [0.15, 0.2) is 0 Å². The number of rotatable bonds is 0. The van der Waals surface area contributed by atoms with E-state index in [0.717, 1.165) is 4.57 Å². The molecule has 1 rings (SSSR count). The number of carboxylic acid groups (broad SMARTS) is 1. The average molecular weight is 153 g/mol. The maximum atomic E-state index is 10.0. The molecule has 0 saturated carbocycles. The molecule has 9 heavy (non-hydrogen) atoms. The quantitative estimate of drug-likeness (QED) is 0.562. The standard InChI is InChI=1S/C5H5NO2.Ca.2H/c7-5(8)6-3-1-2-4-6;;;/h1-4H,(H,7,8);;;/q;+2;2*-1. The predicted molar refractivity (Wildman–Crippen MR) is 35.8 cm³/mol. The van der Waals surface area contributed by atoms with Gasteiger partial charge in [0.2, 0.25) is 0 Å². The van der Waals surface area contributed by atoms with Gasteiger partial charge < -0.3 is 7.96 Å². The summed E-state index contributed by atoms with van der Waals surface area (Å²) >= 11 is 0. The van der Waals surface area contributed by atoms with Crippen molar-refractivity contribution < 1.29 is 12.8 Å². The number of aromatic nitrogens is 1. The topological polar surface area (TPSA) is 42.2 Å². The van der Waals surface area contributed by atoms with Crippen LogP contribution in [-0.2, 0) is 0 Å². The number of carbonyl (C=O) groups is 1. The van der Waals surface area contributed by atoms with Crippen molar-refractivity contribution in [3.05, 3.63) is 24.5 Å². The van der Waals surface area contributed by atoms with Gasteiger partial charge in [-0.15, -0.1) is 0 Å². The van der Waals surface area contributed by atoms with Crippen LogP contribution in [0.1, 0.15) is 2.85 Å². The second-order valence-electron chi connectivity index (χ2n) is 1.37. The van der Waals surface area contributed by atoms with E-state index in [4.69, 9.17) is 5.11 Å². The predicted octanol–water partition coefficient (Wildman–Crippen LogP) is 0.858. The van der Waals surface area contributed by atoms with E-state index >= 15 is 0 Å². The third kappa shape index (κ3) is 2.39. The molecule has 1 aromatic heterocycles. The minimum absolute atomic E-state index is 0. The maximum absolute atomic E-state index is 10.0. The van der Waals surface area contributed by atoms with Crippen molar-refractivity contribution in [2.24, 2.45) is 0 Å². The molecule has 0 radical (unpaired) electrons. The van der Waals surface area contributed by atoms with Crippen LogP contribution >= 0.6 is 0 Å². The van der Waals surface area contributed by atoms with Crippen molar-refractivity contribution in [3.8, 4) is 0 Å². The van der Waals surface area contributed by atoms with Crippen molar-refractivity contribution in [2.75, 3.05) is 0 Å². The molecule has 0 aromatic carbocycles. The zero-order valence-corrected chi connectivity index (χ0v) is 7.03. The molecular formula is C5H7CaNO2. The Morgan fingerprint density at radius 2 is 1.89 bits per heavy atom. The molecule has 46 valence electrons. The van der Waals surface area contributed by atoms with Gasteiger partial charge in [-0.2, -0.15) is 0 Å². The number of hydrogen-bond donors (Lipinski definition) is 1. The first-order valence-corrected chi connectivity index (χ1v) is 2.17. The molecular weight excluding hydrogens is 146 g/mol. The van der Waals surface area contributed by atoms with Gasteiger partial charge in [0.25, 0.3) is 0 Å². The molecule has 1 heterocycles. The van der Waals surface area contributed by atoms with Crippen molar-refractivity contribution >= 4 is 43.8 Å².